The number of hydrogen-bond donors (Lipinski definition) is 1. The highest BCUT2D eigenvalue weighted by Crippen LogP contribution is 2.11. The Morgan fingerprint density at radius 3 is 2.90 bits per heavy atom. The number of thioether (sulfide) groups is 1. The van der Waals surface area contributed by atoms with Crippen molar-refractivity contribution < 1.29 is 0 Å². The second-order valence-corrected chi connectivity index (χ2v) is 2.47. The van der Waals surface area contributed by atoms with Crippen molar-refractivity contribution in [2.75, 3.05) is 12.0 Å². The summed E-state index contributed by atoms with van der Waals surface area (Å²) in [4.78, 5) is 7.80. The quantitative estimate of drug-likeness (QED) is 0.480. The van der Waals surface area contributed by atoms with E-state index in [1.165, 1.54) is 18.0 Å². The normalized spacial score (nSPS) is 9.80. The van der Waals surface area contributed by atoms with E-state index >= 15 is 0 Å². The largest absolute Gasteiger partial charge is 0.383 e. The molecule has 0 unspecified atom stereocenters. The number of nitrogens with two attached hydrogens (primary N) is 1. The topological polar surface area (TPSA) is 51.8 Å². The van der Waals surface area contributed by atoms with E-state index in [9.17, 15) is 0 Å². The third kappa shape index (κ3) is 1.39. The Kier molecular flexibility index (Phi) is 2.11. The maximum Gasteiger partial charge on any atom is 0.189 e. The van der Waals surface area contributed by atoms with Crippen LogP contribution in [0, 0.1) is 6.92 Å². The molecule has 1 aromatic heterocycles. The Morgan fingerprint density at radius 2 is 2.40 bits per heavy atom. The van der Waals surface area contributed by atoms with Gasteiger partial charge in [0, 0.05) is 18.7 Å². The van der Waals surface area contributed by atoms with E-state index in [1.807, 2.05) is 6.26 Å². The van der Waals surface area contributed by atoms with Crippen LogP contribution in [0.2, 0.25) is 0 Å². The van der Waals surface area contributed by atoms with Crippen LogP contribution in [0.5, 0.6) is 0 Å². The van der Waals surface area contributed by atoms with Gasteiger partial charge in [-0.15, -0.1) is 0 Å². The molecule has 2 radical (unpaired) electrons. The number of nitrogens with zero attached hydrogens (tertiary/aromatic N) is 2. The third-order valence-electron chi connectivity index (χ3n) is 1.01. The lowest BCUT2D eigenvalue weighted by Crippen LogP contribution is -1.96. The van der Waals surface area contributed by atoms with Crippen LogP contribution in [-0.2, 0) is 0 Å². The molecule has 0 bridgehead atoms. The number of hydrogen-bond acceptors (Lipinski definition) is 4. The Hall–Kier alpha value is -0.770. The zero-order valence-electron chi connectivity index (χ0n) is 5.53. The van der Waals surface area contributed by atoms with Crippen LogP contribution in [0.25, 0.3) is 0 Å². The van der Waals surface area contributed by atoms with Crippen molar-refractivity contribution in [3.63, 3.8) is 0 Å². The summed E-state index contributed by atoms with van der Waals surface area (Å²) >= 11 is 1.43. The molecule has 3 nitrogen and oxygen atoms in total. The van der Waals surface area contributed by atoms with Crippen molar-refractivity contribution in [2.45, 2.75) is 5.16 Å². The highest BCUT2D eigenvalue weighted by molar-refractivity contribution is 7.98. The average molecular weight is 153 g/mol. The fourth-order valence-corrected chi connectivity index (χ4v) is 0.833. The van der Waals surface area contributed by atoms with Gasteiger partial charge in [-0.2, -0.15) is 0 Å². The fraction of sp³-hybridized carbons (Fsp3) is 0.167. The predicted molar refractivity (Wildman–Crippen MR) is 41.6 cm³/mol. The Morgan fingerprint density at radius 1 is 1.70 bits per heavy atom. The second kappa shape index (κ2) is 2.88. The van der Waals surface area contributed by atoms with Crippen LogP contribution in [0.3, 0.4) is 0 Å². The average Bonchev–Trinajstić information content (AvgIpc) is 1.95. The summed E-state index contributed by atoms with van der Waals surface area (Å²) in [5, 5.41) is 0.645. The highest BCUT2D eigenvalue weighted by Gasteiger charge is 1.96. The predicted octanol–water partition coefficient (Wildman–Crippen LogP) is 0.840. The molecule has 52 valence electrons. The van der Waals surface area contributed by atoms with Crippen LogP contribution in [0.15, 0.2) is 11.4 Å². The zero-order valence-corrected chi connectivity index (χ0v) is 6.35. The molecule has 0 aliphatic carbocycles. The third-order valence-corrected chi connectivity index (χ3v) is 1.57. The van der Waals surface area contributed by atoms with Gasteiger partial charge in [0.2, 0.25) is 0 Å². The molecule has 0 aliphatic rings. The minimum Gasteiger partial charge on any atom is -0.383 e. The molecule has 0 atom stereocenters. The Labute approximate surface area is 64.1 Å². The summed E-state index contributed by atoms with van der Waals surface area (Å²) in [7, 11) is 0. The van der Waals surface area contributed by atoms with E-state index in [1.54, 1.807) is 0 Å². The first-order chi connectivity index (χ1) is 4.74. The molecule has 0 amide bonds. The molecule has 1 aromatic rings. The standard InChI is InChI=1S/C6H7N3S/c1-4-3-8-6(10-2)9-5(4)7/h1,3H,2H3,(H2,7,8,9). The van der Waals surface area contributed by atoms with E-state index in [-0.39, 0.29) is 0 Å². The molecule has 1 heterocycles. The Balaban J connectivity index is 3.04. The molecule has 10 heavy (non-hydrogen) atoms. The number of anilines is 1. The highest BCUT2D eigenvalue weighted by atomic mass is 32.2. The van der Waals surface area contributed by atoms with Gasteiger partial charge in [-0.05, 0) is 6.26 Å². The van der Waals surface area contributed by atoms with Crippen molar-refractivity contribution in [3.05, 3.63) is 18.7 Å². The van der Waals surface area contributed by atoms with E-state index in [4.69, 9.17) is 12.7 Å². The molecule has 0 aliphatic heterocycles. The van der Waals surface area contributed by atoms with Crippen LogP contribution in [0.1, 0.15) is 5.56 Å². The molecule has 2 N–H and O–H groups in total. The minimum atomic E-state index is 0.347. The van der Waals surface area contributed by atoms with Crippen molar-refractivity contribution in [2.24, 2.45) is 0 Å². The maximum atomic E-state index is 5.41. The van der Waals surface area contributed by atoms with Crippen molar-refractivity contribution in [3.8, 4) is 0 Å². The van der Waals surface area contributed by atoms with E-state index < -0.39 is 0 Å². The smallest absolute Gasteiger partial charge is 0.189 e. The lowest BCUT2D eigenvalue weighted by atomic mass is 10.4. The molecular formula is C6H7N3S. The minimum absolute atomic E-state index is 0.347. The van der Waals surface area contributed by atoms with Gasteiger partial charge in [-0.3, -0.25) is 0 Å². The molecule has 0 saturated carbocycles. The second-order valence-electron chi connectivity index (χ2n) is 1.70. The number of nitrogen functional groups attached to an aromatic ring is 1. The summed E-state index contributed by atoms with van der Waals surface area (Å²) in [5.41, 5.74) is 5.84. The summed E-state index contributed by atoms with van der Waals surface area (Å²) in [6.07, 6.45) is 3.39. The molecule has 0 fully saturated rings. The number of aromatic nitrogens is 2. The molecule has 1 rings (SSSR count). The fourth-order valence-electron chi connectivity index (χ4n) is 0.486. The molecule has 0 spiro atoms. The van der Waals surface area contributed by atoms with Gasteiger partial charge in [-0.25, -0.2) is 9.97 Å². The van der Waals surface area contributed by atoms with Crippen LogP contribution < -0.4 is 5.73 Å². The molecule has 4 heteroatoms. The van der Waals surface area contributed by atoms with Gasteiger partial charge in [-0.1, -0.05) is 11.8 Å². The van der Waals surface area contributed by atoms with Gasteiger partial charge in [0.05, 0.1) is 0 Å². The first-order valence-electron chi connectivity index (χ1n) is 2.66. The monoisotopic (exact) mass is 153 g/mol. The SMILES string of the molecule is [CH]c1cnc(SC)nc1N. The summed E-state index contributed by atoms with van der Waals surface area (Å²) in [6.45, 7) is 5.38. The van der Waals surface area contributed by atoms with E-state index in [0.29, 0.717) is 16.5 Å². The Bertz CT molecular complexity index is 236. The summed E-state index contributed by atoms with van der Waals surface area (Å²) < 4.78 is 0. The van der Waals surface area contributed by atoms with Crippen LogP contribution in [-0.4, -0.2) is 16.2 Å². The van der Waals surface area contributed by atoms with Crippen LogP contribution in [0.4, 0.5) is 5.82 Å². The van der Waals surface area contributed by atoms with E-state index in [2.05, 4.69) is 9.97 Å². The molecule has 0 saturated heterocycles. The molecule has 0 aromatic carbocycles. The number of rotatable bonds is 1. The van der Waals surface area contributed by atoms with Crippen molar-refractivity contribution in [1.82, 2.24) is 9.97 Å². The first-order valence-corrected chi connectivity index (χ1v) is 3.88. The van der Waals surface area contributed by atoms with Gasteiger partial charge in [0.1, 0.15) is 5.82 Å². The van der Waals surface area contributed by atoms with E-state index in [0.717, 1.165) is 0 Å². The van der Waals surface area contributed by atoms with Gasteiger partial charge >= 0.3 is 0 Å². The van der Waals surface area contributed by atoms with Crippen molar-refractivity contribution in [1.29, 1.82) is 0 Å². The van der Waals surface area contributed by atoms with Gasteiger partial charge < -0.3 is 5.73 Å². The van der Waals surface area contributed by atoms with Crippen molar-refractivity contribution >= 4 is 17.6 Å². The summed E-state index contributed by atoms with van der Waals surface area (Å²) in [6, 6.07) is 0. The summed E-state index contributed by atoms with van der Waals surface area (Å²) in [5.74, 6) is 0.347. The lowest BCUT2D eigenvalue weighted by molar-refractivity contribution is 0.971. The first kappa shape index (κ1) is 7.34. The van der Waals surface area contributed by atoms with Gasteiger partial charge in [0.15, 0.2) is 5.16 Å². The lowest BCUT2D eigenvalue weighted by Gasteiger charge is -1.98. The van der Waals surface area contributed by atoms with Gasteiger partial charge in [0.25, 0.3) is 0 Å². The maximum absolute atomic E-state index is 5.41. The zero-order chi connectivity index (χ0) is 7.56. The molecular weight excluding hydrogens is 146 g/mol. The van der Waals surface area contributed by atoms with Crippen LogP contribution >= 0.6 is 11.8 Å².